The average molecular weight is 402 g/mol. The molecule has 0 amide bonds. The van der Waals surface area contributed by atoms with Gasteiger partial charge in [-0.15, -0.1) is 0 Å². The Balaban J connectivity index is 1.52. The van der Waals surface area contributed by atoms with E-state index >= 15 is 0 Å². The standard InChI is InChI=1S/C23H31NO5/c1-20-6-3-17-18(4-8-22(27)11-15(25)2-7-21(17,22)13-24)23(20,28)9-5-16(20)14-10-19(26)29-12-14/h10,15-18,25,27-28H,2-9,11-12H2,1H3/t15-,16+,17-,18+,20-,21+,22-,23+/m1/s1. The minimum Gasteiger partial charge on any atom is -0.458 e. The van der Waals surface area contributed by atoms with Crippen molar-refractivity contribution >= 4 is 5.97 Å². The van der Waals surface area contributed by atoms with Gasteiger partial charge in [-0.05, 0) is 74.7 Å². The number of carbonyl (C=O) groups excluding carboxylic acids is 1. The summed E-state index contributed by atoms with van der Waals surface area (Å²) in [6, 6.07) is 2.51. The molecule has 6 nitrogen and oxygen atoms in total. The zero-order chi connectivity index (χ0) is 20.7. The van der Waals surface area contributed by atoms with E-state index < -0.39 is 22.7 Å². The molecule has 0 aromatic heterocycles. The van der Waals surface area contributed by atoms with Gasteiger partial charge >= 0.3 is 5.97 Å². The quantitative estimate of drug-likeness (QED) is 0.581. The van der Waals surface area contributed by atoms with Gasteiger partial charge in [0, 0.05) is 17.9 Å². The second-order valence-corrected chi connectivity index (χ2v) is 10.6. The molecule has 4 saturated carbocycles. The highest BCUT2D eigenvalue weighted by Gasteiger charge is 2.71. The lowest BCUT2D eigenvalue weighted by molar-refractivity contribution is -0.242. The smallest absolute Gasteiger partial charge is 0.331 e. The molecule has 0 saturated heterocycles. The van der Waals surface area contributed by atoms with E-state index in [9.17, 15) is 25.4 Å². The van der Waals surface area contributed by atoms with E-state index in [1.165, 1.54) is 0 Å². The van der Waals surface area contributed by atoms with Crippen LogP contribution in [0.3, 0.4) is 0 Å². The second kappa shape index (κ2) is 6.06. The van der Waals surface area contributed by atoms with Gasteiger partial charge in [-0.3, -0.25) is 0 Å². The first-order chi connectivity index (χ1) is 13.7. The van der Waals surface area contributed by atoms with Crippen molar-refractivity contribution in [2.75, 3.05) is 6.61 Å². The van der Waals surface area contributed by atoms with Gasteiger partial charge in [0.2, 0.25) is 0 Å². The normalized spacial score (nSPS) is 53.9. The van der Waals surface area contributed by atoms with Crippen molar-refractivity contribution in [2.24, 2.45) is 28.6 Å². The third-order valence-corrected chi connectivity index (χ3v) is 9.75. The molecule has 0 spiro atoms. The fourth-order valence-electron chi connectivity index (χ4n) is 8.27. The van der Waals surface area contributed by atoms with Crippen molar-refractivity contribution in [1.82, 2.24) is 0 Å². The van der Waals surface area contributed by atoms with Crippen LogP contribution in [-0.4, -0.2) is 45.2 Å². The number of ether oxygens (including phenoxy) is 1. The molecule has 3 N–H and O–H groups in total. The van der Waals surface area contributed by atoms with E-state index in [1.54, 1.807) is 6.08 Å². The van der Waals surface area contributed by atoms with Crippen LogP contribution in [0, 0.1) is 39.9 Å². The van der Waals surface area contributed by atoms with Crippen LogP contribution in [0.15, 0.2) is 11.6 Å². The van der Waals surface area contributed by atoms with E-state index in [-0.39, 0.29) is 35.6 Å². The monoisotopic (exact) mass is 401 g/mol. The molecule has 29 heavy (non-hydrogen) atoms. The highest BCUT2D eigenvalue weighted by atomic mass is 16.5. The summed E-state index contributed by atoms with van der Waals surface area (Å²) in [7, 11) is 0. The molecule has 5 aliphatic rings. The first-order valence-electron chi connectivity index (χ1n) is 11.1. The van der Waals surface area contributed by atoms with Crippen LogP contribution in [0.1, 0.15) is 64.7 Å². The number of hydrogen-bond acceptors (Lipinski definition) is 6. The molecule has 4 aliphatic carbocycles. The third-order valence-electron chi connectivity index (χ3n) is 9.75. The number of carbonyl (C=O) groups is 1. The van der Waals surface area contributed by atoms with Crippen LogP contribution in [0.2, 0.25) is 0 Å². The summed E-state index contributed by atoms with van der Waals surface area (Å²) in [5.41, 5.74) is -2.33. The Morgan fingerprint density at radius 3 is 2.55 bits per heavy atom. The highest BCUT2D eigenvalue weighted by Crippen LogP contribution is 2.70. The van der Waals surface area contributed by atoms with Crippen LogP contribution in [-0.2, 0) is 9.53 Å². The minimum atomic E-state index is -1.17. The number of cyclic esters (lactones) is 1. The van der Waals surface area contributed by atoms with E-state index in [2.05, 4.69) is 13.0 Å². The molecule has 0 radical (unpaired) electrons. The maximum atomic E-state index is 12.1. The number of nitrogens with zero attached hydrogens (tertiary/aromatic N) is 1. The Labute approximate surface area is 171 Å². The van der Waals surface area contributed by atoms with Gasteiger partial charge in [0.25, 0.3) is 0 Å². The molecular formula is C23H31NO5. The fraction of sp³-hybridized carbons (Fsp3) is 0.826. The second-order valence-electron chi connectivity index (χ2n) is 10.6. The number of hydrogen-bond donors (Lipinski definition) is 3. The summed E-state index contributed by atoms with van der Waals surface area (Å²) in [6.07, 6.45) is 6.48. The topological polar surface area (TPSA) is 111 Å². The molecule has 0 unspecified atom stereocenters. The molecule has 158 valence electrons. The summed E-state index contributed by atoms with van der Waals surface area (Å²) < 4.78 is 5.16. The molecule has 4 fully saturated rings. The van der Waals surface area contributed by atoms with Gasteiger partial charge < -0.3 is 20.1 Å². The number of aliphatic hydroxyl groups excluding tert-OH is 1. The maximum absolute atomic E-state index is 12.1. The van der Waals surface area contributed by atoms with Crippen molar-refractivity contribution < 1.29 is 24.9 Å². The largest absolute Gasteiger partial charge is 0.458 e. The van der Waals surface area contributed by atoms with Gasteiger partial charge in [-0.25, -0.2) is 4.79 Å². The van der Waals surface area contributed by atoms with Crippen LogP contribution in [0.5, 0.6) is 0 Å². The van der Waals surface area contributed by atoms with E-state index in [4.69, 9.17) is 4.74 Å². The molecular weight excluding hydrogens is 370 g/mol. The molecule has 0 bridgehead atoms. The molecule has 5 rings (SSSR count). The van der Waals surface area contributed by atoms with Gasteiger partial charge in [-0.2, -0.15) is 5.26 Å². The molecule has 1 heterocycles. The maximum Gasteiger partial charge on any atom is 0.331 e. The van der Waals surface area contributed by atoms with Crippen LogP contribution in [0.25, 0.3) is 0 Å². The fourth-order valence-corrected chi connectivity index (χ4v) is 8.27. The highest BCUT2D eigenvalue weighted by molar-refractivity contribution is 5.85. The zero-order valence-electron chi connectivity index (χ0n) is 17.1. The molecule has 6 heteroatoms. The van der Waals surface area contributed by atoms with Crippen LogP contribution < -0.4 is 0 Å². The predicted molar refractivity (Wildman–Crippen MR) is 103 cm³/mol. The Hall–Kier alpha value is -1.42. The summed E-state index contributed by atoms with van der Waals surface area (Å²) in [6.45, 7) is 2.47. The number of esters is 1. The van der Waals surface area contributed by atoms with E-state index in [1.807, 2.05) is 0 Å². The lowest BCUT2D eigenvalue weighted by Crippen LogP contribution is -2.67. The van der Waals surface area contributed by atoms with Gasteiger partial charge in [0.1, 0.15) is 6.61 Å². The van der Waals surface area contributed by atoms with Gasteiger partial charge in [0.15, 0.2) is 0 Å². The van der Waals surface area contributed by atoms with Crippen LogP contribution in [0.4, 0.5) is 0 Å². The first kappa shape index (κ1) is 19.5. The van der Waals surface area contributed by atoms with Crippen molar-refractivity contribution in [3.8, 4) is 6.07 Å². The Morgan fingerprint density at radius 2 is 1.86 bits per heavy atom. The molecule has 0 aromatic carbocycles. The minimum absolute atomic E-state index is 0.0416. The lowest BCUT2D eigenvalue weighted by Gasteiger charge is -2.64. The van der Waals surface area contributed by atoms with E-state index in [0.29, 0.717) is 38.7 Å². The number of rotatable bonds is 1. The summed E-state index contributed by atoms with van der Waals surface area (Å²) in [4.78, 5) is 11.6. The Morgan fingerprint density at radius 1 is 1.10 bits per heavy atom. The average Bonchev–Trinajstić information content (AvgIpc) is 3.21. The number of aliphatic hydroxyl groups is 3. The first-order valence-corrected chi connectivity index (χ1v) is 11.1. The molecule has 8 atom stereocenters. The SMILES string of the molecule is C[C@]12CC[C@@H]3[C@H](CC[C@@]4(O)C[C@H](O)CC[C@]34C#N)[C@@]1(O)CC[C@H]2C1=CC(=O)OC1. The van der Waals surface area contributed by atoms with E-state index in [0.717, 1.165) is 24.8 Å². The molecule has 0 aromatic rings. The summed E-state index contributed by atoms with van der Waals surface area (Å²) in [5, 5.41) is 44.0. The number of nitriles is 1. The summed E-state index contributed by atoms with van der Waals surface area (Å²) >= 11 is 0. The predicted octanol–water partition coefficient (Wildman–Crippen LogP) is 2.22. The van der Waals surface area contributed by atoms with Crippen LogP contribution >= 0.6 is 0 Å². The van der Waals surface area contributed by atoms with Crippen molar-refractivity contribution in [1.29, 1.82) is 5.26 Å². The Kier molecular flexibility index (Phi) is 4.08. The van der Waals surface area contributed by atoms with Crippen molar-refractivity contribution in [2.45, 2.75) is 82.0 Å². The third kappa shape index (κ3) is 2.30. The van der Waals surface area contributed by atoms with Crippen molar-refractivity contribution in [3.05, 3.63) is 11.6 Å². The number of fused-ring (bicyclic) bond motifs is 5. The van der Waals surface area contributed by atoms with Gasteiger partial charge in [0.05, 0.1) is 28.8 Å². The Bertz CT molecular complexity index is 819. The van der Waals surface area contributed by atoms with Crippen molar-refractivity contribution in [3.63, 3.8) is 0 Å². The molecule has 1 aliphatic heterocycles. The van der Waals surface area contributed by atoms with Gasteiger partial charge in [-0.1, -0.05) is 6.92 Å². The summed E-state index contributed by atoms with van der Waals surface area (Å²) in [5.74, 6) is -0.280. The lowest BCUT2D eigenvalue weighted by atomic mass is 9.41. The zero-order valence-corrected chi connectivity index (χ0v) is 17.1.